The number of unbranched alkanes of at least 4 members (excludes halogenated alkanes) is 3. The number of hydrogen-bond acceptors (Lipinski definition) is 5. The molecule has 0 saturated heterocycles. The van der Waals surface area contributed by atoms with Crippen LogP contribution in [0.1, 0.15) is 77.3 Å². The van der Waals surface area contributed by atoms with E-state index in [1.807, 2.05) is 12.1 Å². The topological polar surface area (TPSA) is 101 Å². The van der Waals surface area contributed by atoms with Crippen LogP contribution in [0.4, 0.5) is 11.4 Å². The summed E-state index contributed by atoms with van der Waals surface area (Å²) in [7, 11) is -4.22. The second-order valence-corrected chi connectivity index (χ2v) is 13.6. The van der Waals surface area contributed by atoms with Crippen LogP contribution in [0, 0.1) is 0 Å². The van der Waals surface area contributed by atoms with Gasteiger partial charge in [0.15, 0.2) is 5.71 Å². The van der Waals surface area contributed by atoms with E-state index in [9.17, 15) is 17.8 Å². The van der Waals surface area contributed by atoms with Gasteiger partial charge >= 0.3 is 35.5 Å². The van der Waals surface area contributed by atoms with Crippen molar-refractivity contribution in [3.05, 3.63) is 83.6 Å². The fourth-order valence-corrected chi connectivity index (χ4v) is 6.82. The van der Waals surface area contributed by atoms with E-state index in [2.05, 4.69) is 91.8 Å². The molecule has 9 heteroatoms. The van der Waals surface area contributed by atoms with Gasteiger partial charge in [0.1, 0.15) is 6.54 Å². The molecule has 0 aliphatic carbocycles. The van der Waals surface area contributed by atoms with Crippen molar-refractivity contribution < 1.29 is 57.0 Å². The predicted molar refractivity (Wildman–Crippen MR) is 163 cm³/mol. The van der Waals surface area contributed by atoms with Crippen molar-refractivity contribution in [2.24, 2.45) is 0 Å². The molecule has 0 saturated carbocycles. The van der Waals surface area contributed by atoms with Crippen molar-refractivity contribution in [3.63, 3.8) is 0 Å². The third kappa shape index (κ3) is 7.64. The van der Waals surface area contributed by atoms with E-state index >= 15 is 0 Å². The number of allylic oxidation sites excluding steroid dienone is 4. The first-order chi connectivity index (χ1) is 19.3. The molecule has 42 heavy (non-hydrogen) atoms. The van der Waals surface area contributed by atoms with Crippen molar-refractivity contribution in [2.45, 2.75) is 77.0 Å². The Morgan fingerprint density at radius 1 is 0.929 bits per heavy atom. The number of carboxylic acid groups (broad SMARTS) is 1. The molecule has 2 aliphatic rings. The predicted octanol–water partition coefficient (Wildman–Crippen LogP) is 3.28. The first-order valence-electron chi connectivity index (χ1n) is 14.5. The van der Waals surface area contributed by atoms with Gasteiger partial charge < -0.3 is 14.6 Å². The van der Waals surface area contributed by atoms with Crippen molar-refractivity contribution in [1.29, 1.82) is 0 Å². The minimum Gasteiger partial charge on any atom is -0.748 e. The van der Waals surface area contributed by atoms with Gasteiger partial charge in [0.05, 0.1) is 15.5 Å². The van der Waals surface area contributed by atoms with Gasteiger partial charge in [-0.05, 0) is 57.2 Å². The van der Waals surface area contributed by atoms with Crippen LogP contribution < -0.4 is 34.5 Å². The van der Waals surface area contributed by atoms with Gasteiger partial charge in [-0.3, -0.25) is 4.79 Å². The van der Waals surface area contributed by atoms with E-state index < -0.39 is 16.1 Å². The number of fused-ring (bicyclic) bond motifs is 2. The van der Waals surface area contributed by atoms with Crippen LogP contribution >= 0.6 is 0 Å². The Bertz CT molecular complexity index is 1490. The van der Waals surface area contributed by atoms with Gasteiger partial charge in [-0.15, -0.1) is 0 Å². The summed E-state index contributed by atoms with van der Waals surface area (Å²) < 4.78 is 35.8. The van der Waals surface area contributed by atoms with Gasteiger partial charge in [-0.25, -0.2) is 8.42 Å². The van der Waals surface area contributed by atoms with E-state index in [1.54, 1.807) is 0 Å². The molecular formula is C33H42N2NaO5S+. The molecule has 0 spiro atoms. The molecule has 0 bridgehead atoms. The number of hydrogen-bond donors (Lipinski definition) is 1. The van der Waals surface area contributed by atoms with E-state index in [0.717, 1.165) is 30.8 Å². The second kappa shape index (κ2) is 14.0. The number of rotatable bonds is 13. The summed E-state index contributed by atoms with van der Waals surface area (Å²) in [4.78, 5) is 13.2. The second-order valence-electron chi connectivity index (χ2n) is 12.1. The summed E-state index contributed by atoms with van der Waals surface area (Å²) in [5.41, 5.74) is 6.72. The molecular weight excluding hydrogens is 559 g/mol. The SMILES string of the molecule is CC1(C)C(/C=C/C=C2/N(CCCCS(=O)(=O)[O-])c3ccccc3C2(C)C)=[N+](CCCCCC(=O)O)c2ccccc21.[Na+]. The zero-order valence-electron chi connectivity index (χ0n) is 25.6. The molecule has 220 valence electrons. The summed E-state index contributed by atoms with van der Waals surface area (Å²) in [6.07, 6.45) is 10.1. The number of benzene rings is 2. The van der Waals surface area contributed by atoms with Gasteiger partial charge in [-0.2, -0.15) is 4.58 Å². The molecule has 7 nitrogen and oxygen atoms in total. The molecule has 4 rings (SSSR count). The number of aliphatic carboxylic acids is 1. The molecule has 2 aromatic carbocycles. The Morgan fingerprint density at radius 3 is 2.29 bits per heavy atom. The molecule has 0 aromatic heterocycles. The Balaban J connectivity index is 0.00000484. The molecule has 2 heterocycles. The van der Waals surface area contributed by atoms with Crippen LogP contribution in [0.15, 0.2) is 72.5 Å². The van der Waals surface area contributed by atoms with Crippen LogP contribution in [0.25, 0.3) is 0 Å². The molecule has 0 radical (unpaired) electrons. The zero-order chi connectivity index (χ0) is 29.8. The van der Waals surface area contributed by atoms with Gasteiger partial charge in [0, 0.05) is 59.6 Å². The smallest absolute Gasteiger partial charge is 0.748 e. The maximum atomic E-state index is 11.1. The third-order valence-corrected chi connectivity index (χ3v) is 9.19. The summed E-state index contributed by atoms with van der Waals surface area (Å²) in [6.45, 7) is 10.4. The Morgan fingerprint density at radius 2 is 1.60 bits per heavy atom. The number of nitrogens with zero attached hydrogens (tertiary/aromatic N) is 2. The quantitative estimate of drug-likeness (QED) is 0.164. The fourth-order valence-electron chi connectivity index (χ4n) is 6.27. The summed E-state index contributed by atoms with van der Waals surface area (Å²) in [5, 5.41) is 8.99. The summed E-state index contributed by atoms with van der Waals surface area (Å²) >= 11 is 0. The summed E-state index contributed by atoms with van der Waals surface area (Å²) in [5.74, 6) is -1.09. The molecule has 0 unspecified atom stereocenters. The van der Waals surface area contributed by atoms with Crippen molar-refractivity contribution >= 4 is 33.2 Å². The minimum absolute atomic E-state index is 0. The first kappa shape index (κ1) is 34.3. The van der Waals surface area contributed by atoms with Crippen LogP contribution in [0.2, 0.25) is 0 Å². The molecule has 0 fully saturated rings. The average Bonchev–Trinajstić information content (AvgIpc) is 3.25. The monoisotopic (exact) mass is 601 g/mol. The number of anilines is 1. The zero-order valence-corrected chi connectivity index (χ0v) is 28.4. The molecule has 0 atom stereocenters. The summed E-state index contributed by atoms with van der Waals surface area (Å²) in [6, 6.07) is 16.8. The van der Waals surface area contributed by atoms with Crippen LogP contribution in [-0.4, -0.2) is 53.2 Å². The largest absolute Gasteiger partial charge is 1.00 e. The van der Waals surface area contributed by atoms with E-state index in [4.69, 9.17) is 5.11 Å². The normalized spacial score (nSPS) is 17.9. The Hall–Kier alpha value is -2.23. The maximum absolute atomic E-state index is 11.1. The van der Waals surface area contributed by atoms with Crippen molar-refractivity contribution in [2.75, 3.05) is 23.7 Å². The van der Waals surface area contributed by atoms with Gasteiger partial charge in [-0.1, -0.05) is 56.3 Å². The Labute approximate surface area is 273 Å². The molecule has 0 amide bonds. The molecule has 2 aromatic rings. The van der Waals surface area contributed by atoms with Crippen molar-refractivity contribution in [1.82, 2.24) is 0 Å². The molecule has 1 N–H and O–H groups in total. The average molecular weight is 602 g/mol. The standard InChI is InChI=1S/C33H42N2O5S.Na/c1-32(2)25-15-7-9-17-27(25)34(22-11-5-6-21-31(36)37)29(32)19-14-20-30-33(3,4)26-16-8-10-18-28(26)35(30)23-12-13-24-41(38,39)40;/h7-10,14-20H,5-6,11-13,21-24H2,1-4H3,(H-,36,37,38,39,40);/q;+1. The van der Waals surface area contributed by atoms with Gasteiger partial charge in [0.25, 0.3) is 0 Å². The molecule has 2 aliphatic heterocycles. The third-order valence-electron chi connectivity index (χ3n) is 8.41. The van der Waals surface area contributed by atoms with Crippen LogP contribution in [-0.2, 0) is 25.7 Å². The van der Waals surface area contributed by atoms with E-state index in [-0.39, 0.29) is 52.6 Å². The van der Waals surface area contributed by atoms with Gasteiger partial charge in [0.2, 0.25) is 5.69 Å². The number of para-hydroxylation sites is 2. The number of carbonyl (C=O) groups is 1. The minimum atomic E-state index is -4.22. The van der Waals surface area contributed by atoms with Crippen LogP contribution in [0.3, 0.4) is 0 Å². The Kier molecular flexibility index (Phi) is 11.5. The van der Waals surface area contributed by atoms with Crippen LogP contribution in [0.5, 0.6) is 0 Å². The fraction of sp³-hybridized carbons (Fsp3) is 0.455. The first-order valence-corrected chi connectivity index (χ1v) is 16.1. The maximum Gasteiger partial charge on any atom is 1.00 e. The van der Waals surface area contributed by atoms with E-state index in [0.29, 0.717) is 25.8 Å². The van der Waals surface area contributed by atoms with Crippen molar-refractivity contribution in [3.8, 4) is 0 Å². The van der Waals surface area contributed by atoms with E-state index in [1.165, 1.54) is 22.5 Å². The number of carboxylic acids is 1.